The normalized spacial score (nSPS) is 19.4. The van der Waals surface area contributed by atoms with Gasteiger partial charge in [-0.3, -0.25) is 4.90 Å². The third kappa shape index (κ3) is 3.82. The van der Waals surface area contributed by atoms with Crippen molar-refractivity contribution in [3.63, 3.8) is 0 Å². The number of benzene rings is 1. The van der Waals surface area contributed by atoms with Gasteiger partial charge in [0.15, 0.2) is 0 Å². The molecule has 1 aliphatic carbocycles. The van der Waals surface area contributed by atoms with Crippen LogP contribution in [0, 0.1) is 0 Å². The number of hydrogen-bond donors (Lipinski definition) is 2. The van der Waals surface area contributed by atoms with Crippen molar-refractivity contribution < 1.29 is 5.11 Å². The zero-order valence-electron chi connectivity index (χ0n) is 12.1. The maximum atomic E-state index is 9.43. The Morgan fingerprint density at radius 1 is 1.30 bits per heavy atom. The second-order valence-electron chi connectivity index (χ2n) is 5.76. The molecule has 112 valence electrons. The number of halogens is 1. The molecule has 0 bridgehead atoms. The van der Waals surface area contributed by atoms with Crippen molar-refractivity contribution in [2.45, 2.75) is 50.7 Å². The maximum absolute atomic E-state index is 9.43. The van der Waals surface area contributed by atoms with Gasteiger partial charge in [0, 0.05) is 29.1 Å². The summed E-state index contributed by atoms with van der Waals surface area (Å²) >= 11 is 3.48. The molecule has 1 fully saturated rings. The lowest BCUT2D eigenvalue weighted by Gasteiger charge is -2.38. The molecule has 1 saturated carbocycles. The molecule has 2 rings (SSSR count). The largest absolute Gasteiger partial charge is 0.395 e. The molecule has 20 heavy (non-hydrogen) atoms. The van der Waals surface area contributed by atoms with Crippen LogP contribution >= 0.6 is 15.9 Å². The average molecular weight is 341 g/mol. The van der Waals surface area contributed by atoms with E-state index >= 15 is 0 Å². The predicted octanol–water partition coefficient (Wildman–Crippen LogP) is 3.07. The summed E-state index contributed by atoms with van der Waals surface area (Å²) in [5, 5.41) is 9.43. The Labute approximate surface area is 130 Å². The first-order chi connectivity index (χ1) is 9.63. The van der Waals surface area contributed by atoms with Gasteiger partial charge in [-0.15, -0.1) is 0 Å². The molecule has 1 aliphatic rings. The highest BCUT2D eigenvalue weighted by molar-refractivity contribution is 9.10. The van der Waals surface area contributed by atoms with Crippen molar-refractivity contribution in [3.05, 3.63) is 34.3 Å². The van der Waals surface area contributed by atoms with E-state index < -0.39 is 0 Å². The topological polar surface area (TPSA) is 49.5 Å². The van der Waals surface area contributed by atoms with Crippen molar-refractivity contribution in [2.75, 3.05) is 13.2 Å². The van der Waals surface area contributed by atoms with Gasteiger partial charge in [-0.2, -0.15) is 0 Å². The van der Waals surface area contributed by atoms with Crippen LogP contribution in [0.2, 0.25) is 0 Å². The average Bonchev–Trinajstić information content (AvgIpc) is 2.94. The van der Waals surface area contributed by atoms with E-state index in [1.165, 1.54) is 31.2 Å². The molecule has 0 aliphatic heterocycles. The van der Waals surface area contributed by atoms with Gasteiger partial charge < -0.3 is 10.8 Å². The van der Waals surface area contributed by atoms with E-state index in [0.29, 0.717) is 12.6 Å². The van der Waals surface area contributed by atoms with Crippen LogP contribution < -0.4 is 5.73 Å². The van der Waals surface area contributed by atoms with Gasteiger partial charge in [0.2, 0.25) is 0 Å². The molecule has 3 N–H and O–H groups in total. The zero-order valence-corrected chi connectivity index (χ0v) is 13.7. The van der Waals surface area contributed by atoms with Crippen LogP contribution in [0.3, 0.4) is 0 Å². The first kappa shape index (κ1) is 16.0. The highest BCUT2D eigenvalue weighted by Gasteiger charge is 2.31. The first-order valence-corrected chi connectivity index (χ1v) is 8.30. The maximum Gasteiger partial charge on any atom is 0.0558 e. The lowest BCUT2D eigenvalue weighted by atomic mass is 9.97. The van der Waals surface area contributed by atoms with Crippen molar-refractivity contribution in [1.29, 1.82) is 0 Å². The van der Waals surface area contributed by atoms with E-state index in [-0.39, 0.29) is 18.7 Å². The van der Waals surface area contributed by atoms with Gasteiger partial charge in [0.1, 0.15) is 0 Å². The summed E-state index contributed by atoms with van der Waals surface area (Å²) in [5.41, 5.74) is 7.51. The number of aliphatic hydroxyl groups excluding tert-OH is 1. The molecule has 2 unspecified atom stereocenters. The molecule has 1 aromatic rings. The van der Waals surface area contributed by atoms with Gasteiger partial charge in [0.25, 0.3) is 0 Å². The summed E-state index contributed by atoms with van der Waals surface area (Å²) in [6, 6.07) is 9.19. The fourth-order valence-corrected chi connectivity index (χ4v) is 3.62. The monoisotopic (exact) mass is 340 g/mol. The van der Waals surface area contributed by atoms with Crippen LogP contribution in [0.4, 0.5) is 0 Å². The third-order valence-corrected chi connectivity index (χ3v) is 4.75. The minimum atomic E-state index is 0.0447. The highest BCUT2D eigenvalue weighted by Crippen LogP contribution is 2.32. The van der Waals surface area contributed by atoms with E-state index in [4.69, 9.17) is 5.73 Å². The van der Waals surface area contributed by atoms with Crippen molar-refractivity contribution >= 4 is 15.9 Å². The standard InChI is InChI=1S/C16H25BrN2O/c1-12(18)16(13-6-8-14(17)9-7-13)19(10-11-20)15-4-2-3-5-15/h6-9,12,15-16,20H,2-5,10-11,18H2,1H3. The highest BCUT2D eigenvalue weighted by atomic mass is 79.9. The fraction of sp³-hybridized carbons (Fsp3) is 0.625. The van der Waals surface area contributed by atoms with Crippen LogP contribution in [0.1, 0.15) is 44.2 Å². The van der Waals surface area contributed by atoms with E-state index in [1.54, 1.807) is 0 Å². The lowest BCUT2D eigenvalue weighted by molar-refractivity contribution is 0.0922. The van der Waals surface area contributed by atoms with Crippen LogP contribution in [-0.2, 0) is 0 Å². The molecule has 0 heterocycles. The van der Waals surface area contributed by atoms with Crippen molar-refractivity contribution in [1.82, 2.24) is 4.90 Å². The van der Waals surface area contributed by atoms with Crippen LogP contribution in [-0.4, -0.2) is 35.2 Å². The first-order valence-electron chi connectivity index (χ1n) is 7.51. The molecule has 4 heteroatoms. The molecular weight excluding hydrogens is 316 g/mol. The molecule has 2 atom stereocenters. The van der Waals surface area contributed by atoms with E-state index in [2.05, 4.69) is 52.0 Å². The summed E-state index contributed by atoms with van der Waals surface area (Å²) < 4.78 is 1.08. The second kappa shape index (κ2) is 7.55. The molecule has 0 radical (unpaired) electrons. The van der Waals surface area contributed by atoms with E-state index in [9.17, 15) is 5.11 Å². The summed E-state index contributed by atoms with van der Waals surface area (Å²) in [6.07, 6.45) is 5.02. The Balaban J connectivity index is 2.25. The van der Waals surface area contributed by atoms with E-state index in [1.807, 2.05) is 0 Å². The zero-order chi connectivity index (χ0) is 14.5. The quantitative estimate of drug-likeness (QED) is 0.836. The summed E-state index contributed by atoms with van der Waals surface area (Å²) in [7, 11) is 0. The number of rotatable bonds is 6. The number of nitrogens with two attached hydrogens (primary N) is 1. The molecule has 0 amide bonds. The smallest absolute Gasteiger partial charge is 0.0558 e. The minimum absolute atomic E-state index is 0.0447. The lowest BCUT2D eigenvalue weighted by Crippen LogP contribution is -2.45. The van der Waals surface area contributed by atoms with Crippen LogP contribution in [0.5, 0.6) is 0 Å². The van der Waals surface area contributed by atoms with Gasteiger partial charge in [-0.05, 0) is 37.5 Å². The van der Waals surface area contributed by atoms with Gasteiger partial charge in [-0.1, -0.05) is 40.9 Å². The Morgan fingerprint density at radius 3 is 2.40 bits per heavy atom. The Bertz CT molecular complexity index is 401. The van der Waals surface area contributed by atoms with Crippen LogP contribution in [0.15, 0.2) is 28.7 Å². The molecule has 0 spiro atoms. The van der Waals surface area contributed by atoms with E-state index in [0.717, 1.165) is 4.47 Å². The van der Waals surface area contributed by atoms with Crippen molar-refractivity contribution in [2.24, 2.45) is 5.73 Å². The van der Waals surface area contributed by atoms with Gasteiger partial charge in [0.05, 0.1) is 6.61 Å². The molecule has 3 nitrogen and oxygen atoms in total. The van der Waals surface area contributed by atoms with Gasteiger partial charge in [-0.25, -0.2) is 0 Å². The minimum Gasteiger partial charge on any atom is -0.395 e. The summed E-state index contributed by atoms with van der Waals surface area (Å²) in [5.74, 6) is 0. The number of nitrogens with zero attached hydrogens (tertiary/aromatic N) is 1. The molecule has 0 aromatic heterocycles. The Hall–Kier alpha value is -0.420. The fourth-order valence-electron chi connectivity index (χ4n) is 3.36. The molecule has 0 saturated heterocycles. The summed E-state index contributed by atoms with van der Waals surface area (Å²) in [4.78, 5) is 2.42. The van der Waals surface area contributed by atoms with Crippen LogP contribution in [0.25, 0.3) is 0 Å². The van der Waals surface area contributed by atoms with Gasteiger partial charge >= 0.3 is 0 Å². The Morgan fingerprint density at radius 2 is 1.90 bits per heavy atom. The summed E-state index contributed by atoms with van der Waals surface area (Å²) in [6.45, 7) is 2.95. The molecule has 1 aromatic carbocycles. The molecular formula is C16H25BrN2O. The van der Waals surface area contributed by atoms with Crippen molar-refractivity contribution in [3.8, 4) is 0 Å². The second-order valence-corrected chi connectivity index (χ2v) is 6.67. The number of aliphatic hydroxyl groups is 1. The number of hydrogen-bond acceptors (Lipinski definition) is 3. The predicted molar refractivity (Wildman–Crippen MR) is 86.6 cm³/mol. The SMILES string of the molecule is CC(N)C(c1ccc(Br)cc1)N(CCO)C1CCCC1. The Kier molecular flexibility index (Phi) is 6.02. The third-order valence-electron chi connectivity index (χ3n) is 4.22.